The maximum absolute atomic E-state index is 11.9. The minimum atomic E-state index is -0.358. The Morgan fingerprint density at radius 1 is 1.45 bits per heavy atom. The van der Waals surface area contributed by atoms with Crippen molar-refractivity contribution in [2.24, 2.45) is 7.05 Å². The molecule has 0 radical (unpaired) electrons. The maximum atomic E-state index is 11.9. The Bertz CT molecular complexity index is 672. The van der Waals surface area contributed by atoms with Crippen LogP contribution in [0.3, 0.4) is 0 Å². The molecule has 1 aliphatic heterocycles. The molecule has 1 aliphatic rings. The number of aryl methyl sites for hydroxylation is 1. The fourth-order valence-corrected chi connectivity index (χ4v) is 2.05. The molecule has 2 N–H and O–H groups in total. The van der Waals surface area contributed by atoms with Gasteiger partial charge >= 0.3 is 5.69 Å². The van der Waals surface area contributed by atoms with Crippen molar-refractivity contribution in [3.63, 3.8) is 0 Å². The van der Waals surface area contributed by atoms with E-state index in [1.165, 1.54) is 11.7 Å². The third kappa shape index (κ3) is 2.25. The summed E-state index contributed by atoms with van der Waals surface area (Å²) in [6.45, 7) is 1.22. The topological polar surface area (TPSA) is 97.2 Å². The molecule has 1 fully saturated rings. The molecule has 2 aromatic rings. The first-order valence-electron chi connectivity index (χ1n) is 6.28. The van der Waals surface area contributed by atoms with Crippen LogP contribution in [0.2, 0.25) is 0 Å². The van der Waals surface area contributed by atoms with Gasteiger partial charge in [0.1, 0.15) is 17.5 Å². The lowest BCUT2D eigenvalue weighted by Gasteiger charge is -2.15. The van der Waals surface area contributed by atoms with Gasteiger partial charge < -0.3 is 15.2 Å². The van der Waals surface area contributed by atoms with Gasteiger partial charge in [-0.25, -0.2) is 4.79 Å². The van der Waals surface area contributed by atoms with Crippen LogP contribution in [0, 0.1) is 0 Å². The highest BCUT2D eigenvalue weighted by molar-refractivity contribution is 5.55. The van der Waals surface area contributed by atoms with Crippen LogP contribution in [0.25, 0.3) is 5.69 Å². The van der Waals surface area contributed by atoms with E-state index in [-0.39, 0.29) is 11.8 Å². The third-order valence-electron chi connectivity index (χ3n) is 3.11. The van der Waals surface area contributed by atoms with Gasteiger partial charge in [-0.05, 0) is 28.6 Å². The monoisotopic (exact) mass is 277 g/mol. The number of tetrazole rings is 1. The summed E-state index contributed by atoms with van der Waals surface area (Å²) in [5.74, 6) is 0.539. The van der Waals surface area contributed by atoms with E-state index in [2.05, 4.69) is 10.4 Å². The Hall–Kier alpha value is -2.35. The molecule has 0 bridgehead atoms. The van der Waals surface area contributed by atoms with Crippen LogP contribution in [0.1, 0.15) is 6.42 Å². The van der Waals surface area contributed by atoms with E-state index in [4.69, 9.17) is 15.2 Å². The first kappa shape index (κ1) is 12.7. The second-order valence-electron chi connectivity index (χ2n) is 4.63. The second-order valence-corrected chi connectivity index (χ2v) is 4.63. The van der Waals surface area contributed by atoms with Gasteiger partial charge in [-0.1, -0.05) is 0 Å². The average Bonchev–Trinajstić information content (AvgIpc) is 3.04. The summed E-state index contributed by atoms with van der Waals surface area (Å²) in [4.78, 5) is 11.9. The van der Waals surface area contributed by atoms with Crippen molar-refractivity contribution in [2.45, 2.75) is 12.5 Å². The Morgan fingerprint density at radius 3 is 2.95 bits per heavy atom. The molecule has 1 saturated heterocycles. The van der Waals surface area contributed by atoms with Crippen molar-refractivity contribution in [1.29, 1.82) is 0 Å². The van der Waals surface area contributed by atoms with E-state index < -0.39 is 0 Å². The minimum Gasteiger partial charge on any atom is -0.486 e. The standard InChI is InChI=1S/C12H15N5O3/c1-16-12(18)17(15-14-16)10-6-8(13)2-3-11(10)20-9-4-5-19-7-9/h2-3,6,9H,4-5,7,13H2,1H3. The van der Waals surface area contributed by atoms with Gasteiger partial charge in [0.15, 0.2) is 0 Å². The largest absolute Gasteiger partial charge is 0.486 e. The summed E-state index contributed by atoms with van der Waals surface area (Å²) in [7, 11) is 1.53. The van der Waals surface area contributed by atoms with E-state index >= 15 is 0 Å². The van der Waals surface area contributed by atoms with E-state index in [0.29, 0.717) is 30.3 Å². The van der Waals surface area contributed by atoms with Crippen molar-refractivity contribution >= 4 is 5.69 Å². The summed E-state index contributed by atoms with van der Waals surface area (Å²) >= 11 is 0. The maximum Gasteiger partial charge on any atom is 0.368 e. The molecule has 8 nitrogen and oxygen atoms in total. The first-order chi connectivity index (χ1) is 9.65. The summed E-state index contributed by atoms with van der Waals surface area (Å²) < 4.78 is 13.5. The van der Waals surface area contributed by atoms with E-state index in [9.17, 15) is 4.79 Å². The van der Waals surface area contributed by atoms with Crippen molar-refractivity contribution in [3.05, 3.63) is 28.7 Å². The number of hydrogen-bond donors (Lipinski definition) is 1. The number of rotatable bonds is 3. The number of hydrogen-bond acceptors (Lipinski definition) is 6. The SMILES string of the molecule is Cn1nnn(-c2cc(N)ccc2OC2CCOC2)c1=O. The highest BCUT2D eigenvalue weighted by Gasteiger charge is 2.20. The predicted octanol–water partition coefficient (Wildman–Crippen LogP) is -0.284. The number of nitrogens with zero attached hydrogens (tertiary/aromatic N) is 4. The zero-order valence-electron chi connectivity index (χ0n) is 11.0. The number of aromatic nitrogens is 4. The van der Waals surface area contributed by atoms with Crippen LogP contribution >= 0.6 is 0 Å². The number of nitrogens with two attached hydrogens (primary N) is 1. The van der Waals surface area contributed by atoms with E-state index in [1.54, 1.807) is 18.2 Å². The quantitative estimate of drug-likeness (QED) is 0.775. The molecule has 0 spiro atoms. The lowest BCUT2D eigenvalue weighted by Crippen LogP contribution is -2.24. The number of nitrogen functional groups attached to an aromatic ring is 1. The number of anilines is 1. The lowest BCUT2D eigenvalue weighted by molar-refractivity contribution is 0.141. The zero-order chi connectivity index (χ0) is 14.1. The van der Waals surface area contributed by atoms with Crippen LogP contribution in [0.4, 0.5) is 5.69 Å². The molecule has 0 saturated carbocycles. The molecule has 8 heteroatoms. The smallest absolute Gasteiger partial charge is 0.368 e. The molecular weight excluding hydrogens is 262 g/mol. The van der Waals surface area contributed by atoms with Gasteiger partial charge in [-0.15, -0.1) is 0 Å². The highest BCUT2D eigenvalue weighted by Crippen LogP contribution is 2.26. The fraction of sp³-hybridized carbons (Fsp3) is 0.417. The Kier molecular flexibility index (Phi) is 3.15. The van der Waals surface area contributed by atoms with Crippen LogP contribution in [-0.2, 0) is 11.8 Å². The highest BCUT2D eigenvalue weighted by atomic mass is 16.5. The lowest BCUT2D eigenvalue weighted by atomic mass is 10.2. The molecule has 0 aliphatic carbocycles. The molecule has 3 rings (SSSR count). The average molecular weight is 277 g/mol. The predicted molar refractivity (Wildman–Crippen MR) is 70.9 cm³/mol. The zero-order valence-corrected chi connectivity index (χ0v) is 11.0. The van der Waals surface area contributed by atoms with Crippen molar-refractivity contribution in [1.82, 2.24) is 19.8 Å². The van der Waals surface area contributed by atoms with Crippen LogP contribution in [-0.4, -0.2) is 39.1 Å². The van der Waals surface area contributed by atoms with Crippen LogP contribution in [0.15, 0.2) is 23.0 Å². The molecule has 2 heterocycles. The third-order valence-corrected chi connectivity index (χ3v) is 3.11. The van der Waals surface area contributed by atoms with E-state index in [0.717, 1.165) is 11.1 Å². The first-order valence-corrected chi connectivity index (χ1v) is 6.28. The fourth-order valence-electron chi connectivity index (χ4n) is 2.05. The molecule has 1 aromatic carbocycles. The molecule has 0 amide bonds. The van der Waals surface area contributed by atoms with Gasteiger partial charge in [-0.3, -0.25) is 0 Å². The van der Waals surface area contributed by atoms with E-state index in [1.807, 2.05) is 0 Å². The second kappa shape index (κ2) is 4.97. The number of benzene rings is 1. The van der Waals surface area contributed by atoms with Crippen LogP contribution in [0.5, 0.6) is 5.75 Å². The Balaban J connectivity index is 2.01. The Labute approximate surface area is 114 Å². The Morgan fingerprint density at radius 2 is 2.30 bits per heavy atom. The summed E-state index contributed by atoms with van der Waals surface area (Å²) in [5.41, 5.74) is 6.42. The summed E-state index contributed by atoms with van der Waals surface area (Å²) in [6, 6.07) is 5.08. The van der Waals surface area contributed by atoms with Gasteiger partial charge in [0.25, 0.3) is 0 Å². The number of ether oxygens (including phenoxy) is 2. The minimum absolute atomic E-state index is 0.0234. The van der Waals surface area contributed by atoms with Crippen molar-refractivity contribution < 1.29 is 9.47 Å². The normalized spacial score (nSPS) is 18.4. The van der Waals surface area contributed by atoms with Gasteiger partial charge in [0.2, 0.25) is 0 Å². The molecule has 1 atom stereocenters. The molecule has 1 aromatic heterocycles. The van der Waals surface area contributed by atoms with Crippen molar-refractivity contribution in [2.75, 3.05) is 18.9 Å². The molecule has 1 unspecified atom stereocenters. The summed E-state index contributed by atoms with van der Waals surface area (Å²) in [6.07, 6.45) is 0.795. The summed E-state index contributed by atoms with van der Waals surface area (Å²) in [5, 5.41) is 7.50. The van der Waals surface area contributed by atoms with Crippen LogP contribution < -0.4 is 16.2 Å². The van der Waals surface area contributed by atoms with Crippen molar-refractivity contribution in [3.8, 4) is 11.4 Å². The van der Waals surface area contributed by atoms with Gasteiger partial charge in [0, 0.05) is 19.2 Å². The molecular formula is C12H15N5O3. The van der Waals surface area contributed by atoms with Gasteiger partial charge in [-0.2, -0.15) is 9.36 Å². The molecule has 106 valence electrons. The van der Waals surface area contributed by atoms with Gasteiger partial charge in [0.05, 0.1) is 13.2 Å². The molecule has 20 heavy (non-hydrogen) atoms.